The summed E-state index contributed by atoms with van der Waals surface area (Å²) in [5.74, 6) is 1.43. The molecule has 3 aromatic heterocycles. The Morgan fingerprint density at radius 2 is 0.574 bits per heavy atom. The van der Waals surface area contributed by atoms with Crippen LogP contribution in [-0.4, -0.2) is 19.9 Å². The molecule has 4 nitrogen and oxygen atoms in total. The predicted molar refractivity (Wildman–Crippen MR) is 254 cm³/mol. The fourth-order valence-corrected chi connectivity index (χ4v) is 9.07. The van der Waals surface area contributed by atoms with E-state index in [2.05, 4.69) is 146 Å². The van der Waals surface area contributed by atoms with Crippen molar-refractivity contribution in [3.05, 3.63) is 218 Å². The van der Waals surface area contributed by atoms with Gasteiger partial charge in [0.25, 0.3) is 0 Å². The van der Waals surface area contributed by atoms with Gasteiger partial charge in [-0.15, -0.1) is 11.3 Å². The van der Waals surface area contributed by atoms with Crippen LogP contribution in [0.25, 0.3) is 110 Å². The highest BCUT2D eigenvalue weighted by atomic mass is 32.1. The fourth-order valence-electron chi connectivity index (χ4n) is 7.94. The molecule has 0 spiro atoms. The summed E-state index contributed by atoms with van der Waals surface area (Å²) in [6.45, 7) is 0. The first-order valence-electron chi connectivity index (χ1n) is 20.4. The lowest BCUT2D eigenvalue weighted by Gasteiger charge is -2.10. The summed E-state index contributed by atoms with van der Waals surface area (Å²) in [4.78, 5) is 20.0. The van der Waals surface area contributed by atoms with Crippen molar-refractivity contribution in [1.29, 1.82) is 0 Å². The van der Waals surface area contributed by atoms with Gasteiger partial charge in [0.1, 0.15) is 0 Å². The average molecular weight is 797 g/mol. The van der Waals surface area contributed by atoms with Crippen LogP contribution in [0.2, 0.25) is 0 Å². The molecular formula is C56H36N4S. The Morgan fingerprint density at radius 3 is 1.02 bits per heavy atom. The van der Waals surface area contributed by atoms with Crippen molar-refractivity contribution in [1.82, 2.24) is 19.9 Å². The Bertz CT molecular complexity index is 3200. The van der Waals surface area contributed by atoms with Gasteiger partial charge in [-0.1, -0.05) is 188 Å². The van der Waals surface area contributed by atoms with Crippen LogP contribution in [0.4, 0.5) is 0 Å². The van der Waals surface area contributed by atoms with E-state index in [0.29, 0.717) is 11.6 Å². The maximum Gasteiger partial charge on any atom is 0.160 e. The van der Waals surface area contributed by atoms with Crippen LogP contribution in [-0.2, 0) is 0 Å². The van der Waals surface area contributed by atoms with Gasteiger partial charge in [-0.2, -0.15) is 0 Å². The lowest BCUT2D eigenvalue weighted by atomic mass is 9.99. The second-order valence-electron chi connectivity index (χ2n) is 15.1. The molecule has 0 aliphatic heterocycles. The molecule has 286 valence electrons. The number of aromatic nitrogens is 4. The summed E-state index contributed by atoms with van der Waals surface area (Å²) in [6.07, 6.45) is 0. The molecule has 0 saturated heterocycles. The van der Waals surface area contributed by atoms with Crippen molar-refractivity contribution < 1.29 is 0 Å². The number of thiophene rings is 1. The number of nitrogens with zero attached hydrogens (tertiary/aromatic N) is 4. The average Bonchev–Trinajstić information content (AvgIpc) is 3.72. The number of benzene rings is 8. The SMILES string of the molecule is c1ccc(-c2cc(-c3ccc(-c4ccc5c(c4)sc4ccc(-c6ccc(-c7cc(-c8ccccc8)nc(-c8ccccc8)n7)cc6)cc45)cc3)nc(-c3ccccc3)n2)cc1. The highest BCUT2D eigenvalue weighted by Crippen LogP contribution is 2.39. The molecule has 0 fully saturated rings. The van der Waals surface area contributed by atoms with Crippen LogP contribution >= 0.6 is 11.3 Å². The van der Waals surface area contributed by atoms with Gasteiger partial charge >= 0.3 is 0 Å². The molecule has 0 aliphatic carbocycles. The molecule has 11 aromatic rings. The van der Waals surface area contributed by atoms with Gasteiger partial charge in [0.2, 0.25) is 0 Å². The zero-order valence-corrected chi connectivity index (χ0v) is 33.8. The Kier molecular flexibility index (Phi) is 9.34. The minimum Gasteiger partial charge on any atom is -0.228 e. The van der Waals surface area contributed by atoms with Gasteiger partial charge in [-0.05, 0) is 52.6 Å². The molecule has 0 aliphatic rings. The maximum atomic E-state index is 5.03. The normalized spacial score (nSPS) is 11.3. The number of hydrogen-bond acceptors (Lipinski definition) is 5. The van der Waals surface area contributed by atoms with Crippen LogP contribution in [0, 0.1) is 0 Å². The van der Waals surface area contributed by atoms with Gasteiger partial charge in [-0.25, -0.2) is 19.9 Å². The molecule has 3 heterocycles. The first-order chi connectivity index (χ1) is 30.2. The van der Waals surface area contributed by atoms with Crippen LogP contribution in [0.1, 0.15) is 0 Å². The van der Waals surface area contributed by atoms with Crippen LogP contribution in [0.15, 0.2) is 218 Å². The monoisotopic (exact) mass is 796 g/mol. The second kappa shape index (κ2) is 15.7. The zero-order chi connectivity index (χ0) is 40.5. The molecule has 0 atom stereocenters. The summed E-state index contributed by atoms with van der Waals surface area (Å²) in [5.41, 5.74) is 14.5. The molecule has 0 unspecified atom stereocenters. The van der Waals surface area contributed by atoms with E-state index >= 15 is 0 Å². The van der Waals surface area contributed by atoms with Crippen molar-refractivity contribution in [2.45, 2.75) is 0 Å². The molecule has 0 bridgehead atoms. The van der Waals surface area contributed by atoms with Crippen LogP contribution < -0.4 is 0 Å². The summed E-state index contributed by atoms with van der Waals surface area (Å²) < 4.78 is 2.55. The van der Waals surface area contributed by atoms with E-state index < -0.39 is 0 Å². The molecule has 11 rings (SSSR count). The van der Waals surface area contributed by atoms with E-state index in [1.165, 1.54) is 36.9 Å². The third kappa shape index (κ3) is 7.28. The van der Waals surface area contributed by atoms with Gasteiger partial charge < -0.3 is 0 Å². The molecule has 5 heteroatoms. The molecule has 0 N–H and O–H groups in total. The first kappa shape index (κ1) is 36.2. The quantitative estimate of drug-likeness (QED) is 0.154. The largest absolute Gasteiger partial charge is 0.228 e. The minimum absolute atomic E-state index is 0.716. The smallest absolute Gasteiger partial charge is 0.160 e. The highest BCUT2D eigenvalue weighted by molar-refractivity contribution is 7.25. The maximum absolute atomic E-state index is 5.03. The van der Waals surface area contributed by atoms with E-state index in [1.54, 1.807) is 0 Å². The Balaban J connectivity index is 0.880. The summed E-state index contributed by atoms with van der Waals surface area (Å²) in [5, 5.41) is 2.54. The predicted octanol–water partition coefficient (Wildman–Crippen LogP) is 15.0. The van der Waals surface area contributed by atoms with Crippen molar-refractivity contribution in [3.63, 3.8) is 0 Å². The molecular weight excluding hydrogens is 761 g/mol. The number of hydrogen-bond donors (Lipinski definition) is 0. The fraction of sp³-hybridized carbons (Fsp3) is 0. The van der Waals surface area contributed by atoms with E-state index in [9.17, 15) is 0 Å². The minimum atomic E-state index is 0.716. The van der Waals surface area contributed by atoms with E-state index in [1.807, 2.05) is 84.1 Å². The molecule has 61 heavy (non-hydrogen) atoms. The Labute approximate surface area is 358 Å². The standard InChI is InChI=1S/C56H36N4S/c1-5-13-39(14-6-1)49-35-51(59-55(57-49)43-17-9-3-10-18-43)41-25-21-37(22-26-41)45-30-32-53-48(33-45)47-31-29-46(34-54(47)61-53)38-23-27-42(28-24-38)52-36-50(40-15-7-2-8-16-40)58-56(60-52)44-19-11-4-12-20-44/h1-36H. The van der Waals surface area contributed by atoms with E-state index in [0.717, 1.165) is 61.7 Å². The van der Waals surface area contributed by atoms with Crippen LogP contribution in [0.5, 0.6) is 0 Å². The van der Waals surface area contributed by atoms with Gasteiger partial charge in [0.15, 0.2) is 11.6 Å². The Hall–Kier alpha value is -7.86. The third-order valence-electron chi connectivity index (χ3n) is 11.2. The van der Waals surface area contributed by atoms with Crippen molar-refractivity contribution in [3.8, 4) is 90.1 Å². The third-order valence-corrected chi connectivity index (χ3v) is 12.3. The lowest BCUT2D eigenvalue weighted by Crippen LogP contribution is -1.95. The van der Waals surface area contributed by atoms with Crippen LogP contribution in [0.3, 0.4) is 0 Å². The molecule has 0 amide bonds. The zero-order valence-electron chi connectivity index (χ0n) is 33.0. The number of rotatable bonds is 8. The van der Waals surface area contributed by atoms with Gasteiger partial charge in [-0.3, -0.25) is 0 Å². The van der Waals surface area contributed by atoms with E-state index in [-0.39, 0.29) is 0 Å². The number of fused-ring (bicyclic) bond motifs is 3. The highest BCUT2D eigenvalue weighted by Gasteiger charge is 2.14. The lowest BCUT2D eigenvalue weighted by molar-refractivity contribution is 1.18. The molecule has 0 saturated carbocycles. The molecule has 0 radical (unpaired) electrons. The summed E-state index contributed by atoms with van der Waals surface area (Å²) in [6, 6.07) is 76.3. The Morgan fingerprint density at radius 1 is 0.230 bits per heavy atom. The van der Waals surface area contributed by atoms with E-state index in [4.69, 9.17) is 19.9 Å². The summed E-state index contributed by atoms with van der Waals surface area (Å²) in [7, 11) is 0. The second-order valence-corrected chi connectivity index (χ2v) is 16.2. The van der Waals surface area contributed by atoms with Crippen molar-refractivity contribution in [2.24, 2.45) is 0 Å². The molecule has 8 aromatic carbocycles. The van der Waals surface area contributed by atoms with Crippen molar-refractivity contribution >= 4 is 31.5 Å². The van der Waals surface area contributed by atoms with Gasteiger partial charge in [0, 0.05) is 53.6 Å². The van der Waals surface area contributed by atoms with Crippen molar-refractivity contribution in [2.75, 3.05) is 0 Å². The van der Waals surface area contributed by atoms with Gasteiger partial charge in [0.05, 0.1) is 22.8 Å². The summed E-state index contributed by atoms with van der Waals surface area (Å²) >= 11 is 1.84. The topological polar surface area (TPSA) is 51.6 Å². The first-order valence-corrected chi connectivity index (χ1v) is 21.2.